The predicted molar refractivity (Wildman–Crippen MR) is 81.7 cm³/mol. The van der Waals surface area contributed by atoms with Crippen LogP contribution in [0.5, 0.6) is 5.75 Å². The van der Waals surface area contributed by atoms with Gasteiger partial charge in [0.05, 0.1) is 20.3 Å². The van der Waals surface area contributed by atoms with Crippen molar-refractivity contribution < 1.29 is 19.4 Å². The second-order valence-corrected chi connectivity index (χ2v) is 4.83. The van der Waals surface area contributed by atoms with Crippen LogP contribution in [-0.2, 0) is 22.6 Å². The van der Waals surface area contributed by atoms with Crippen molar-refractivity contribution in [2.24, 2.45) is 0 Å². The van der Waals surface area contributed by atoms with Gasteiger partial charge in [0.25, 0.3) is 5.91 Å². The molecule has 0 radical (unpaired) electrons. The molecule has 8 nitrogen and oxygen atoms in total. The van der Waals surface area contributed by atoms with Gasteiger partial charge >= 0.3 is 0 Å². The van der Waals surface area contributed by atoms with Crippen molar-refractivity contribution in [3.8, 4) is 5.75 Å². The lowest BCUT2D eigenvalue weighted by molar-refractivity contribution is -0.129. The van der Waals surface area contributed by atoms with Crippen LogP contribution in [0.1, 0.15) is 17.5 Å². The minimum absolute atomic E-state index is 0.176. The summed E-state index contributed by atoms with van der Waals surface area (Å²) < 4.78 is 11.8. The van der Waals surface area contributed by atoms with E-state index < -0.39 is 12.0 Å². The minimum Gasteiger partial charge on any atom is -0.497 e. The Morgan fingerprint density at radius 1 is 1.35 bits per heavy atom. The lowest BCUT2D eigenvalue weighted by Crippen LogP contribution is -2.30. The molecule has 1 atom stereocenters. The molecule has 1 heterocycles. The lowest BCUT2D eigenvalue weighted by atomic mass is 10.1. The molecular weight excluding hydrogens is 300 g/mol. The molecule has 0 fully saturated rings. The Kier molecular flexibility index (Phi) is 6.07. The van der Waals surface area contributed by atoms with E-state index in [4.69, 9.17) is 9.47 Å². The quantitative estimate of drug-likeness (QED) is 0.725. The Hall–Kier alpha value is -2.45. The van der Waals surface area contributed by atoms with E-state index in [-0.39, 0.29) is 6.54 Å². The fourth-order valence-electron chi connectivity index (χ4n) is 1.99. The summed E-state index contributed by atoms with van der Waals surface area (Å²) in [6, 6.07) is 6.66. The van der Waals surface area contributed by atoms with Gasteiger partial charge in [-0.2, -0.15) is 0 Å². The molecule has 1 amide bonds. The highest BCUT2D eigenvalue weighted by Gasteiger charge is 2.18. The van der Waals surface area contributed by atoms with Crippen LogP contribution in [-0.4, -0.2) is 46.6 Å². The maximum absolute atomic E-state index is 12.0. The van der Waals surface area contributed by atoms with E-state index in [0.717, 1.165) is 0 Å². The number of hydrogen-bond acceptors (Lipinski definition) is 6. The number of aliphatic hydroxyl groups is 1. The largest absolute Gasteiger partial charge is 0.497 e. The lowest BCUT2D eigenvalue weighted by Gasteiger charge is -2.12. The van der Waals surface area contributed by atoms with Crippen molar-refractivity contribution in [1.29, 1.82) is 0 Å². The molecule has 0 aliphatic carbocycles. The van der Waals surface area contributed by atoms with Crippen LogP contribution in [0.25, 0.3) is 0 Å². The highest BCUT2D eigenvalue weighted by Crippen LogP contribution is 2.17. The molecule has 0 aliphatic heterocycles. The number of amides is 1. The first kappa shape index (κ1) is 16.9. The number of carbonyl (C=O) groups is 1. The first-order chi connectivity index (χ1) is 11.2. The first-order valence-corrected chi connectivity index (χ1v) is 7.11. The standard InChI is InChI=1S/C15H20N4O4/c1-22-8-7-19-10-17-18-13(19)9-16-15(21)14(20)11-3-5-12(23-2)6-4-11/h3-6,10,14,20H,7-9H2,1-2H3,(H,16,21)/t14-/m0/s1. The number of methoxy groups -OCH3 is 2. The zero-order valence-corrected chi connectivity index (χ0v) is 13.1. The average molecular weight is 320 g/mol. The molecule has 8 heteroatoms. The van der Waals surface area contributed by atoms with Gasteiger partial charge in [0, 0.05) is 13.7 Å². The number of aromatic nitrogens is 3. The summed E-state index contributed by atoms with van der Waals surface area (Å²) >= 11 is 0. The van der Waals surface area contributed by atoms with E-state index in [0.29, 0.717) is 30.3 Å². The number of hydrogen-bond donors (Lipinski definition) is 2. The fraction of sp³-hybridized carbons (Fsp3) is 0.400. The second-order valence-electron chi connectivity index (χ2n) is 4.83. The summed E-state index contributed by atoms with van der Waals surface area (Å²) in [6.45, 7) is 1.29. The molecule has 0 saturated carbocycles. The van der Waals surface area contributed by atoms with Gasteiger partial charge < -0.3 is 24.5 Å². The Labute approximate surface area is 134 Å². The highest BCUT2D eigenvalue weighted by atomic mass is 16.5. The molecule has 0 saturated heterocycles. The smallest absolute Gasteiger partial charge is 0.253 e. The van der Waals surface area contributed by atoms with E-state index >= 15 is 0 Å². The molecule has 0 spiro atoms. The van der Waals surface area contributed by atoms with Gasteiger partial charge in [0.2, 0.25) is 0 Å². The molecular formula is C15H20N4O4. The highest BCUT2D eigenvalue weighted by molar-refractivity contribution is 5.81. The van der Waals surface area contributed by atoms with Crippen molar-refractivity contribution in [3.05, 3.63) is 42.0 Å². The molecule has 1 aromatic carbocycles. The zero-order valence-electron chi connectivity index (χ0n) is 13.1. The van der Waals surface area contributed by atoms with Crippen molar-refractivity contribution in [2.75, 3.05) is 20.8 Å². The van der Waals surface area contributed by atoms with Crippen LogP contribution in [0.3, 0.4) is 0 Å². The Morgan fingerprint density at radius 3 is 2.74 bits per heavy atom. The number of aliphatic hydroxyl groups excluding tert-OH is 1. The van der Waals surface area contributed by atoms with Gasteiger partial charge in [-0.05, 0) is 17.7 Å². The van der Waals surface area contributed by atoms with Gasteiger partial charge in [0.1, 0.15) is 12.1 Å². The van der Waals surface area contributed by atoms with Crippen molar-refractivity contribution in [2.45, 2.75) is 19.2 Å². The van der Waals surface area contributed by atoms with Crippen LogP contribution in [0.2, 0.25) is 0 Å². The van der Waals surface area contributed by atoms with E-state index in [1.54, 1.807) is 49.4 Å². The van der Waals surface area contributed by atoms with Gasteiger partial charge in [-0.15, -0.1) is 10.2 Å². The maximum Gasteiger partial charge on any atom is 0.253 e. The molecule has 124 valence electrons. The summed E-state index contributed by atoms with van der Waals surface area (Å²) in [5.41, 5.74) is 0.490. The maximum atomic E-state index is 12.0. The number of carbonyl (C=O) groups excluding carboxylic acids is 1. The number of nitrogens with zero attached hydrogens (tertiary/aromatic N) is 3. The van der Waals surface area contributed by atoms with E-state index in [9.17, 15) is 9.90 Å². The third kappa shape index (κ3) is 4.51. The van der Waals surface area contributed by atoms with Crippen molar-refractivity contribution in [3.63, 3.8) is 0 Å². The number of ether oxygens (including phenoxy) is 2. The van der Waals surface area contributed by atoms with Gasteiger partial charge in [-0.1, -0.05) is 12.1 Å². The molecule has 2 N–H and O–H groups in total. The fourth-order valence-corrected chi connectivity index (χ4v) is 1.99. The van der Waals surface area contributed by atoms with E-state index in [1.165, 1.54) is 0 Å². The summed E-state index contributed by atoms with van der Waals surface area (Å²) in [6.07, 6.45) is 0.316. The molecule has 0 unspecified atom stereocenters. The van der Waals surface area contributed by atoms with E-state index in [2.05, 4.69) is 15.5 Å². The van der Waals surface area contributed by atoms with Crippen LogP contribution in [0.4, 0.5) is 0 Å². The zero-order chi connectivity index (χ0) is 16.7. The number of nitrogens with one attached hydrogen (secondary N) is 1. The summed E-state index contributed by atoms with van der Waals surface area (Å²) in [4.78, 5) is 12.0. The molecule has 2 aromatic rings. The second kappa shape index (κ2) is 8.25. The van der Waals surface area contributed by atoms with Crippen molar-refractivity contribution >= 4 is 5.91 Å². The Balaban J connectivity index is 1.92. The normalized spacial score (nSPS) is 12.0. The molecule has 0 aliphatic rings. The van der Waals surface area contributed by atoms with Crippen LogP contribution < -0.4 is 10.1 Å². The Morgan fingerprint density at radius 2 is 2.09 bits per heavy atom. The predicted octanol–water partition coefficient (Wildman–Crippen LogP) is 0.283. The summed E-state index contributed by atoms with van der Waals surface area (Å²) in [5.74, 6) is 0.751. The molecule has 2 rings (SSSR count). The monoisotopic (exact) mass is 320 g/mol. The first-order valence-electron chi connectivity index (χ1n) is 7.11. The number of benzene rings is 1. The third-order valence-corrected chi connectivity index (χ3v) is 3.33. The topological polar surface area (TPSA) is 98.5 Å². The Bertz CT molecular complexity index is 627. The van der Waals surface area contributed by atoms with Gasteiger partial charge in [0.15, 0.2) is 11.9 Å². The van der Waals surface area contributed by atoms with Crippen LogP contribution in [0, 0.1) is 0 Å². The SMILES string of the molecule is COCCn1cnnc1CNC(=O)[C@@H](O)c1ccc(OC)cc1. The summed E-state index contributed by atoms with van der Waals surface area (Å²) in [5, 5.41) is 20.5. The van der Waals surface area contributed by atoms with Crippen molar-refractivity contribution in [1.82, 2.24) is 20.1 Å². The molecule has 23 heavy (non-hydrogen) atoms. The van der Waals surface area contributed by atoms with Gasteiger partial charge in [-0.3, -0.25) is 4.79 Å². The summed E-state index contributed by atoms with van der Waals surface area (Å²) in [7, 11) is 3.16. The van der Waals surface area contributed by atoms with Crippen LogP contribution >= 0.6 is 0 Å². The third-order valence-electron chi connectivity index (χ3n) is 3.33. The number of rotatable bonds is 8. The van der Waals surface area contributed by atoms with Gasteiger partial charge in [-0.25, -0.2) is 0 Å². The van der Waals surface area contributed by atoms with E-state index in [1.807, 2.05) is 0 Å². The molecule has 1 aromatic heterocycles. The van der Waals surface area contributed by atoms with Crippen LogP contribution in [0.15, 0.2) is 30.6 Å². The molecule has 0 bridgehead atoms. The average Bonchev–Trinajstić information content (AvgIpc) is 3.04. The minimum atomic E-state index is -1.25.